The van der Waals surface area contributed by atoms with Crippen molar-refractivity contribution in [1.82, 2.24) is 0 Å². The van der Waals surface area contributed by atoms with Gasteiger partial charge in [-0.3, -0.25) is 0 Å². The molecule has 0 radical (unpaired) electrons. The summed E-state index contributed by atoms with van der Waals surface area (Å²) in [6, 6.07) is 13.5. The molecule has 0 aliphatic rings. The first-order chi connectivity index (χ1) is 7.72. The fraction of sp³-hybridized carbons (Fsp3) is 0.143. The fourth-order valence-corrected chi connectivity index (χ4v) is 1.65. The number of rotatable bonds is 2. The van der Waals surface area contributed by atoms with Gasteiger partial charge in [0.1, 0.15) is 0 Å². The lowest BCUT2D eigenvalue weighted by Crippen LogP contribution is -1.86. The first kappa shape index (κ1) is 10.6. The van der Waals surface area contributed by atoms with Crippen LogP contribution in [0.5, 0.6) is 11.5 Å². The minimum Gasteiger partial charge on any atom is -0.504 e. The lowest BCUT2D eigenvalue weighted by atomic mass is 10.0. The van der Waals surface area contributed by atoms with Crippen LogP contribution in [-0.2, 0) is 0 Å². The highest BCUT2D eigenvalue weighted by molar-refractivity contribution is 5.73. The highest BCUT2D eigenvalue weighted by Crippen LogP contribution is 2.36. The second-order valence-electron chi connectivity index (χ2n) is 3.72. The molecule has 0 unspecified atom stereocenters. The van der Waals surface area contributed by atoms with Crippen molar-refractivity contribution in [3.63, 3.8) is 0 Å². The van der Waals surface area contributed by atoms with Crippen molar-refractivity contribution in [3.05, 3.63) is 48.0 Å². The van der Waals surface area contributed by atoms with Crippen LogP contribution in [0.1, 0.15) is 5.56 Å². The molecule has 0 aliphatic carbocycles. The predicted molar refractivity (Wildman–Crippen MR) is 64.8 cm³/mol. The van der Waals surface area contributed by atoms with Crippen molar-refractivity contribution in [2.75, 3.05) is 7.11 Å². The molecule has 2 nitrogen and oxygen atoms in total. The maximum Gasteiger partial charge on any atom is 0.165 e. The number of ether oxygens (including phenoxy) is 1. The first-order valence-electron chi connectivity index (χ1n) is 5.15. The highest BCUT2D eigenvalue weighted by Gasteiger charge is 2.08. The number of hydrogen-bond donors (Lipinski definition) is 1. The van der Waals surface area contributed by atoms with Gasteiger partial charge in [-0.25, -0.2) is 0 Å². The molecule has 1 N–H and O–H groups in total. The average molecular weight is 214 g/mol. The summed E-state index contributed by atoms with van der Waals surface area (Å²) in [6.07, 6.45) is 0. The van der Waals surface area contributed by atoms with Crippen molar-refractivity contribution in [2.24, 2.45) is 0 Å². The van der Waals surface area contributed by atoms with Gasteiger partial charge in [-0.05, 0) is 18.6 Å². The van der Waals surface area contributed by atoms with E-state index in [2.05, 4.69) is 0 Å². The Labute approximate surface area is 95.1 Å². The van der Waals surface area contributed by atoms with Crippen molar-refractivity contribution >= 4 is 0 Å². The van der Waals surface area contributed by atoms with Gasteiger partial charge in [0.05, 0.1) is 7.11 Å². The minimum absolute atomic E-state index is 0.189. The molecule has 16 heavy (non-hydrogen) atoms. The average Bonchev–Trinajstić information content (AvgIpc) is 2.31. The molecule has 2 aromatic rings. The van der Waals surface area contributed by atoms with Crippen molar-refractivity contribution in [2.45, 2.75) is 6.92 Å². The van der Waals surface area contributed by atoms with Crippen LogP contribution in [-0.4, -0.2) is 12.2 Å². The Balaban J connectivity index is 2.51. The number of methoxy groups -OCH3 is 1. The summed E-state index contributed by atoms with van der Waals surface area (Å²) in [5.41, 5.74) is 2.98. The lowest BCUT2D eigenvalue weighted by molar-refractivity contribution is 0.374. The number of benzene rings is 2. The van der Waals surface area contributed by atoms with Crippen LogP contribution < -0.4 is 4.74 Å². The number of phenolic OH excluding ortho intramolecular Hbond substituents is 1. The molecule has 0 bridgehead atoms. The zero-order valence-corrected chi connectivity index (χ0v) is 9.40. The Morgan fingerprint density at radius 1 is 1.00 bits per heavy atom. The van der Waals surface area contributed by atoms with E-state index >= 15 is 0 Å². The molecule has 0 atom stereocenters. The van der Waals surface area contributed by atoms with Crippen molar-refractivity contribution in [1.29, 1.82) is 0 Å². The summed E-state index contributed by atoms with van der Waals surface area (Å²) in [5, 5.41) is 9.99. The second kappa shape index (κ2) is 4.27. The second-order valence-corrected chi connectivity index (χ2v) is 3.72. The van der Waals surface area contributed by atoms with Gasteiger partial charge in [-0.15, -0.1) is 0 Å². The molecule has 0 fully saturated rings. The molecule has 2 aromatic carbocycles. The number of phenols is 1. The molecule has 0 amide bonds. The van der Waals surface area contributed by atoms with Crippen LogP contribution in [0.4, 0.5) is 0 Å². The van der Waals surface area contributed by atoms with Crippen molar-refractivity contribution < 1.29 is 9.84 Å². The third-order valence-corrected chi connectivity index (χ3v) is 2.58. The lowest BCUT2D eigenvalue weighted by Gasteiger charge is -2.08. The van der Waals surface area contributed by atoms with E-state index in [1.54, 1.807) is 13.2 Å². The topological polar surface area (TPSA) is 29.5 Å². The molecule has 0 saturated carbocycles. The molecule has 82 valence electrons. The Hall–Kier alpha value is -1.96. The Bertz CT molecular complexity index is 487. The predicted octanol–water partition coefficient (Wildman–Crippen LogP) is 3.38. The molecule has 0 saturated heterocycles. The number of hydrogen-bond acceptors (Lipinski definition) is 2. The Kier molecular flexibility index (Phi) is 2.82. The molecular weight excluding hydrogens is 200 g/mol. The maximum absolute atomic E-state index is 9.99. The van der Waals surface area contributed by atoms with E-state index in [9.17, 15) is 5.11 Å². The number of para-hydroxylation sites is 1. The SMILES string of the molecule is COc1cccc(-c2ccc(C)cc2)c1O. The summed E-state index contributed by atoms with van der Waals surface area (Å²) in [4.78, 5) is 0. The minimum atomic E-state index is 0.189. The standard InChI is InChI=1S/C14H14O2/c1-10-6-8-11(9-7-10)12-4-3-5-13(16-2)14(12)15/h3-9,15H,1-2H3. The molecule has 0 aromatic heterocycles. The molecule has 2 heteroatoms. The fourth-order valence-electron chi connectivity index (χ4n) is 1.65. The summed E-state index contributed by atoms with van der Waals surface area (Å²) in [5.74, 6) is 0.687. The van der Waals surface area contributed by atoms with Gasteiger partial charge in [0.2, 0.25) is 0 Å². The normalized spacial score (nSPS) is 10.1. The van der Waals surface area contributed by atoms with Gasteiger partial charge in [-0.1, -0.05) is 42.0 Å². The van der Waals surface area contributed by atoms with Crippen LogP contribution >= 0.6 is 0 Å². The van der Waals surface area contributed by atoms with Crippen LogP contribution in [0.25, 0.3) is 11.1 Å². The molecular formula is C14H14O2. The van der Waals surface area contributed by atoms with Crippen LogP contribution in [0.2, 0.25) is 0 Å². The monoisotopic (exact) mass is 214 g/mol. The quantitative estimate of drug-likeness (QED) is 0.830. The van der Waals surface area contributed by atoms with Gasteiger partial charge in [-0.2, -0.15) is 0 Å². The van der Waals surface area contributed by atoms with E-state index in [0.717, 1.165) is 11.1 Å². The highest BCUT2D eigenvalue weighted by atomic mass is 16.5. The van der Waals surface area contributed by atoms with Crippen LogP contribution in [0.3, 0.4) is 0 Å². The van der Waals surface area contributed by atoms with Gasteiger partial charge in [0.25, 0.3) is 0 Å². The maximum atomic E-state index is 9.99. The van der Waals surface area contributed by atoms with Gasteiger partial charge in [0.15, 0.2) is 11.5 Å². The summed E-state index contributed by atoms with van der Waals surface area (Å²) in [7, 11) is 1.55. The summed E-state index contributed by atoms with van der Waals surface area (Å²) >= 11 is 0. The van der Waals surface area contributed by atoms with E-state index in [1.165, 1.54) is 5.56 Å². The van der Waals surface area contributed by atoms with Crippen molar-refractivity contribution in [3.8, 4) is 22.6 Å². The summed E-state index contributed by atoms with van der Waals surface area (Å²) < 4.78 is 5.08. The van der Waals surface area contributed by atoms with Gasteiger partial charge in [0, 0.05) is 5.56 Å². The van der Waals surface area contributed by atoms with E-state index in [-0.39, 0.29) is 5.75 Å². The molecule has 0 aliphatic heterocycles. The molecule has 0 heterocycles. The molecule has 2 rings (SSSR count). The largest absolute Gasteiger partial charge is 0.504 e. The zero-order valence-electron chi connectivity index (χ0n) is 9.40. The van der Waals surface area contributed by atoms with E-state index in [0.29, 0.717) is 5.75 Å². The van der Waals surface area contributed by atoms with Crippen LogP contribution in [0.15, 0.2) is 42.5 Å². The van der Waals surface area contributed by atoms with E-state index < -0.39 is 0 Å². The number of aryl methyl sites for hydroxylation is 1. The first-order valence-corrected chi connectivity index (χ1v) is 5.15. The smallest absolute Gasteiger partial charge is 0.165 e. The van der Waals surface area contributed by atoms with E-state index in [1.807, 2.05) is 43.3 Å². The number of aromatic hydroxyl groups is 1. The summed E-state index contributed by atoms with van der Waals surface area (Å²) in [6.45, 7) is 2.04. The molecule has 0 spiro atoms. The zero-order chi connectivity index (χ0) is 11.5. The van der Waals surface area contributed by atoms with Gasteiger partial charge < -0.3 is 9.84 Å². The van der Waals surface area contributed by atoms with Crippen LogP contribution in [0, 0.1) is 6.92 Å². The van der Waals surface area contributed by atoms with Gasteiger partial charge >= 0.3 is 0 Å². The van der Waals surface area contributed by atoms with E-state index in [4.69, 9.17) is 4.74 Å². The third-order valence-electron chi connectivity index (χ3n) is 2.58. The third kappa shape index (κ3) is 1.87. The Morgan fingerprint density at radius 2 is 1.69 bits per heavy atom. The Morgan fingerprint density at radius 3 is 2.31 bits per heavy atom.